The lowest BCUT2D eigenvalue weighted by atomic mass is 9.90. The van der Waals surface area contributed by atoms with Crippen LogP contribution in [0.2, 0.25) is 0 Å². The third-order valence-electron chi connectivity index (χ3n) is 2.90. The molecule has 0 amide bonds. The number of non-ortho nitro benzene ring substituents is 1. The van der Waals surface area contributed by atoms with E-state index in [9.17, 15) is 14.9 Å². The van der Waals surface area contributed by atoms with Crippen LogP contribution in [0.15, 0.2) is 30.5 Å². The maximum atomic E-state index is 11.1. The quantitative estimate of drug-likeness (QED) is 0.489. The minimum Gasteiger partial charge on any atom is -0.298 e. The molecule has 1 heterocycles. The Labute approximate surface area is 116 Å². The minimum absolute atomic E-state index is 0.0209. The minimum atomic E-state index is -0.454. The van der Waals surface area contributed by atoms with Gasteiger partial charge in [0.05, 0.1) is 21.9 Å². The molecule has 0 N–H and O–H groups in total. The number of carbonyl (C=O) groups excluding carboxylic acids is 1. The van der Waals surface area contributed by atoms with Crippen LogP contribution in [0.25, 0.3) is 5.69 Å². The summed E-state index contributed by atoms with van der Waals surface area (Å²) in [5.74, 6) is 0. The summed E-state index contributed by atoms with van der Waals surface area (Å²) in [6.07, 6.45) is 2.41. The molecule has 0 spiro atoms. The van der Waals surface area contributed by atoms with Gasteiger partial charge in [-0.25, -0.2) is 4.68 Å². The van der Waals surface area contributed by atoms with E-state index in [0.717, 1.165) is 6.29 Å². The highest BCUT2D eigenvalue weighted by atomic mass is 16.6. The van der Waals surface area contributed by atoms with Gasteiger partial charge in [0.15, 0.2) is 6.29 Å². The van der Waals surface area contributed by atoms with Gasteiger partial charge in [-0.1, -0.05) is 20.8 Å². The van der Waals surface area contributed by atoms with Gasteiger partial charge in [0.1, 0.15) is 0 Å². The van der Waals surface area contributed by atoms with Crippen LogP contribution in [0.5, 0.6) is 0 Å². The van der Waals surface area contributed by atoms with E-state index in [2.05, 4.69) is 5.10 Å². The number of rotatable bonds is 3. The highest BCUT2D eigenvalue weighted by Crippen LogP contribution is 2.25. The van der Waals surface area contributed by atoms with Crippen LogP contribution in [0.3, 0.4) is 0 Å². The summed E-state index contributed by atoms with van der Waals surface area (Å²) < 4.78 is 1.56. The Hall–Kier alpha value is -2.50. The molecule has 0 unspecified atom stereocenters. The topological polar surface area (TPSA) is 78.0 Å². The van der Waals surface area contributed by atoms with Crippen molar-refractivity contribution in [2.24, 2.45) is 0 Å². The van der Waals surface area contributed by atoms with Gasteiger partial charge in [-0.05, 0) is 12.1 Å². The summed E-state index contributed by atoms with van der Waals surface area (Å²) >= 11 is 0. The first-order valence-electron chi connectivity index (χ1n) is 6.13. The predicted octanol–water partition coefficient (Wildman–Crippen LogP) is 2.89. The fourth-order valence-electron chi connectivity index (χ4n) is 1.92. The third-order valence-corrected chi connectivity index (χ3v) is 2.90. The predicted molar refractivity (Wildman–Crippen MR) is 74.3 cm³/mol. The molecule has 104 valence electrons. The van der Waals surface area contributed by atoms with E-state index >= 15 is 0 Å². The molecule has 6 heteroatoms. The lowest BCUT2D eigenvalue weighted by molar-refractivity contribution is -0.384. The molecule has 0 saturated carbocycles. The number of nitro benzene ring substituents is 1. The van der Waals surface area contributed by atoms with Gasteiger partial charge in [-0.15, -0.1) is 0 Å². The number of benzene rings is 1. The van der Waals surface area contributed by atoms with Crippen LogP contribution < -0.4 is 0 Å². The zero-order valence-electron chi connectivity index (χ0n) is 11.5. The molecule has 2 aromatic rings. The number of hydrogen-bond donors (Lipinski definition) is 0. The summed E-state index contributed by atoms with van der Waals surface area (Å²) in [5.41, 5.74) is 1.67. The largest absolute Gasteiger partial charge is 0.298 e. The molecule has 0 aliphatic rings. The second kappa shape index (κ2) is 4.88. The number of carbonyl (C=O) groups is 1. The number of hydrogen-bond acceptors (Lipinski definition) is 4. The van der Waals surface area contributed by atoms with Crippen molar-refractivity contribution in [3.63, 3.8) is 0 Å². The van der Waals surface area contributed by atoms with Crippen molar-refractivity contribution >= 4 is 12.0 Å². The van der Waals surface area contributed by atoms with Crippen LogP contribution in [-0.2, 0) is 5.41 Å². The Bertz CT molecular complexity index is 651. The van der Waals surface area contributed by atoms with E-state index in [1.807, 2.05) is 20.8 Å². The number of nitro groups is 1. The Morgan fingerprint density at radius 1 is 1.25 bits per heavy atom. The average molecular weight is 273 g/mol. The fraction of sp³-hybridized carbons (Fsp3) is 0.286. The Morgan fingerprint density at radius 2 is 1.85 bits per heavy atom. The van der Waals surface area contributed by atoms with Crippen molar-refractivity contribution in [2.75, 3.05) is 0 Å². The van der Waals surface area contributed by atoms with Crippen LogP contribution in [0.1, 0.15) is 36.8 Å². The highest BCUT2D eigenvalue weighted by Gasteiger charge is 2.22. The van der Waals surface area contributed by atoms with E-state index in [0.29, 0.717) is 16.9 Å². The molecule has 20 heavy (non-hydrogen) atoms. The van der Waals surface area contributed by atoms with Gasteiger partial charge >= 0.3 is 0 Å². The van der Waals surface area contributed by atoms with E-state index in [1.54, 1.807) is 23.0 Å². The van der Waals surface area contributed by atoms with E-state index < -0.39 is 4.92 Å². The van der Waals surface area contributed by atoms with E-state index in [4.69, 9.17) is 0 Å². The van der Waals surface area contributed by atoms with Crippen molar-refractivity contribution < 1.29 is 9.72 Å². The average Bonchev–Trinajstić information content (AvgIpc) is 2.83. The first-order valence-corrected chi connectivity index (χ1v) is 6.13. The molecular formula is C14H15N3O3. The second-order valence-corrected chi connectivity index (χ2v) is 5.52. The lowest BCUT2D eigenvalue weighted by Crippen LogP contribution is -2.14. The van der Waals surface area contributed by atoms with Gasteiger partial charge in [-0.2, -0.15) is 5.10 Å². The van der Waals surface area contributed by atoms with Crippen molar-refractivity contribution in [1.29, 1.82) is 0 Å². The van der Waals surface area contributed by atoms with Gasteiger partial charge < -0.3 is 0 Å². The van der Waals surface area contributed by atoms with Crippen molar-refractivity contribution in [2.45, 2.75) is 26.2 Å². The van der Waals surface area contributed by atoms with E-state index in [1.165, 1.54) is 12.1 Å². The molecule has 0 atom stereocenters. The maximum Gasteiger partial charge on any atom is 0.269 e. The van der Waals surface area contributed by atoms with Crippen LogP contribution in [-0.4, -0.2) is 21.0 Å². The monoisotopic (exact) mass is 273 g/mol. The summed E-state index contributed by atoms with van der Waals surface area (Å²) in [7, 11) is 0. The smallest absolute Gasteiger partial charge is 0.269 e. The van der Waals surface area contributed by atoms with Crippen molar-refractivity contribution in [3.05, 3.63) is 51.8 Å². The molecule has 0 fully saturated rings. The lowest BCUT2D eigenvalue weighted by Gasteiger charge is -2.15. The van der Waals surface area contributed by atoms with Crippen LogP contribution >= 0.6 is 0 Å². The Kier molecular flexibility index (Phi) is 3.40. The second-order valence-electron chi connectivity index (χ2n) is 5.52. The molecule has 0 bridgehead atoms. The first-order chi connectivity index (χ1) is 9.32. The van der Waals surface area contributed by atoms with Gasteiger partial charge in [0, 0.05) is 23.7 Å². The summed E-state index contributed by atoms with van der Waals surface area (Å²) in [4.78, 5) is 21.3. The summed E-state index contributed by atoms with van der Waals surface area (Å²) in [6, 6.07) is 6.03. The summed E-state index contributed by atoms with van der Waals surface area (Å²) in [6.45, 7) is 5.92. The van der Waals surface area contributed by atoms with Gasteiger partial charge in [0.2, 0.25) is 0 Å². The molecule has 6 nitrogen and oxygen atoms in total. The molecule has 0 aliphatic carbocycles. The van der Waals surface area contributed by atoms with Crippen molar-refractivity contribution in [1.82, 2.24) is 9.78 Å². The fourth-order valence-corrected chi connectivity index (χ4v) is 1.92. The third kappa shape index (κ3) is 2.59. The molecule has 0 radical (unpaired) electrons. The Balaban J connectivity index is 2.46. The number of aldehydes is 1. The SMILES string of the molecule is CC(C)(C)c1nn(-c2ccc([N+](=O)[O-])cc2)cc1C=O. The van der Waals surface area contributed by atoms with E-state index in [-0.39, 0.29) is 11.1 Å². The van der Waals surface area contributed by atoms with Gasteiger partial charge in [0.25, 0.3) is 5.69 Å². The molecule has 1 aromatic carbocycles. The standard InChI is InChI=1S/C14H15N3O3/c1-14(2,3)13-10(9-18)8-16(15-13)11-4-6-12(7-5-11)17(19)20/h4-9H,1-3H3. The zero-order chi connectivity index (χ0) is 14.9. The Morgan fingerprint density at radius 3 is 2.25 bits per heavy atom. The molecule has 0 aliphatic heterocycles. The zero-order valence-corrected chi connectivity index (χ0v) is 11.5. The molecule has 2 rings (SSSR count). The van der Waals surface area contributed by atoms with Gasteiger partial charge in [-0.3, -0.25) is 14.9 Å². The van der Waals surface area contributed by atoms with Crippen LogP contribution in [0, 0.1) is 10.1 Å². The first kappa shape index (κ1) is 13.9. The highest BCUT2D eigenvalue weighted by molar-refractivity contribution is 5.77. The summed E-state index contributed by atoms with van der Waals surface area (Å²) in [5, 5.41) is 15.0. The van der Waals surface area contributed by atoms with Crippen molar-refractivity contribution in [3.8, 4) is 5.69 Å². The number of aromatic nitrogens is 2. The van der Waals surface area contributed by atoms with Crippen LogP contribution in [0.4, 0.5) is 5.69 Å². The normalized spacial score (nSPS) is 11.3. The molecule has 1 aromatic heterocycles. The molecular weight excluding hydrogens is 258 g/mol. The molecule has 0 saturated heterocycles. The maximum absolute atomic E-state index is 11.1. The number of nitrogens with zero attached hydrogens (tertiary/aromatic N) is 3.